The van der Waals surface area contributed by atoms with E-state index in [9.17, 15) is 45.5 Å². The monoisotopic (exact) mass is 1040 g/mol. The van der Waals surface area contributed by atoms with E-state index in [0.29, 0.717) is 30.8 Å². The molecule has 0 spiro atoms. The number of hydrogen-bond acceptors (Lipinski definition) is 6. The molecule has 12 nitrogen and oxygen atoms in total. The third kappa shape index (κ3) is 11.5. The first-order valence-electron chi connectivity index (χ1n) is 22.0. The molecule has 71 heavy (non-hydrogen) atoms. The van der Waals surface area contributed by atoms with Crippen molar-refractivity contribution < 1.29 is 48.4 Å². The predicted octanol–water partition coefficient (Wildman–Crippen LogP) is 10.5. The van der Waals surface area contributed by atoms with Crippen LogP contribution in [0.1, 0.15) is 52.8 Å². The second kappa shape index (κ2) is 20.7. The van der Waals surface area contributed by atoms with E-state index >= 15 is 0 Å². The zero-order chi connectivity index (χ0) is 50.6. The largest absolute Gasteiger partial charge is 0.347 e. The molecular formula is C52H47BrF6N8O4. The number of hydrogen-bond donors (Lipinski definition) is 3. The molecule has 0 unspecified atom stereocenters. The molecule has 2 saturated heterocycles. The lowest BCUT2D eigenvalue weighted by molar-refractivity contribution is -0.144. The number of anilines is 1. The summed E-state index contributed by atoms with van der Waals surface area (Å²) in [6.07, 6.45) is 6.88. The highest BCUT2D eigenvalue weighted by Crippen LogP contribution is 2.39. The van der Waals surface area contributed by atoms with Crippen LogP contribution in [0.5, 0.6) is 0 Å². The molecule has 0 aliphatic carbocycles. The number of carbonyl (C=O) groups excluding carboxylic acids is 4. The van der Waals surface area contributed by atoms with Gasteiger partial charge in [0, 0.05) is 57.5 Å². The van der Waals surface area contributed by atoms with Crippen LogP contribution < -0.4 is 20.9 Å². The summed E-state index contributed by atoms with van der Waals surface area (Å²) in [5.74, 6) is -11.0. The molecule has 3 N–H and O–H groups in total. The van der Waals surface area contributed by atoms with E-state index in [-0.39, 0.29) is 39.1 Å². The SMILES string of the molecule is CC(F)(F)C(=O)N[C@H]1CC(=O)N(c2ccc3c(-c4ccc(F)cc4)ncn3c2)[C@@H]1c1ccccc1.CC(F)(F)C(=O)N[C@H]1CC(=O)N[C@@H]1c1ccccc1.Fc1ccc(-c2ncn3cc(Br)ccc23)cc1.[HH].[HH]. The van der Waals surface area contributed by atoms with Gasteiger partial charge in [-0.1, -0.05) is 60.7 Å². The quantitative estimate of drug-likeness (QED) is 0.123. The maximum absolute atomic E-state index is 13.6. The van der Waals surface area contributed by atoms with Crippen LogP contribution >= 0.6 is 15.9 Å². The molecule has 368 valence electrons. The molecule has 2 aliphatic heterocycles. The third-order valence-electron chi connectivity index (χ3n) is 11.7. The van der Waals surface area contributed by atoms with Crippen molar-refractivity contribution in [3.63, 3.8) is 0 Å². The van der Waals surface area contributed by atoms with Crippen LogP contribution in [0.15, 0.2) is 163 Å². The number of rotatable bonds is 9. The number of imidazole rings is 2. The summed E-state index contributed by atoms with van der Waals surface area (Å²) in [6, 6.07) is 35.1. The van der Waals surface area contributed by atoms with Crippen LogP contribution in [0, 0.1) is 11.6 Å². The van der Waals surface area contributed by atoms with E-state index in [2.05, 4.69) is 41.8 Å². The van der Waals surface area contributed by atoms with E-state index in [4.69, 9.17) is 0 Å². The van der Waals surface area contributed by atoms with Gasteiger partial charge in [-0.2, -0.15) is 17.6 Å². The Hall–Kier alpha value is -7.80. The highest BCUT2D eigenvalue weighted by atomic mass is 79.9. The summed E-state index contributed by atoms with van der Waals surface area (Å²) in [7, 11) is 0. The van der Waals surface area contributed by atoms with Gasteiger partial charge < -0.3 is 29.7 Å². The van der Waals surface area contributed by atoms with E-state index in [0.717, 1.165) is 37.9 Å². The Balaban J connectivity index is 0.000000193. The number of nitrogens with one attached hydrogen (secondary N) is 3. The zero-order valence-electron chi connectivity index (χ0n) is 37.7. The van der Waals surface area contributed by atoms with Gasteiger partial charge in [0.05, 0.1) is 58.6 Å². The first-order chi connectivity index (χ1) is 33.8. The maximum atomic E-state index is 13.6. The predicted molar refractivity (Wildman–Crippen MR) is 261 cm³/mol. The maximum Gasteiger partial charge on any atom is 0.321 e. The first-order valence-corrected chi connectivity index (χ1v) is 22.8. The Labute approximate surface area is 413 Å². The van der Waals surface area contributed by atoms with Gasteiger partial charge in [-0.25, -0.2) is 18.7 Å². The van der Waals surface area contributed by atoms with E-state index in [1.807, 2.05) is 34.9 Å². The van der Waals surface area contributed by atoms with Crippen molar-refractivity contribution in [2.75, 3.05) is 4.90 Å². The average Bonchev–Trinajstić information content (AvgIpc) is 4.13. The second-order valence-electron chi connectivity index (χ2n) is 16.9. The van der Waals surface area contributed by atoms with Crippen molar-refractivity contribution in [2.24, 2.45) is 0 Å². The smallest absolute Gasteiger partial charge is 0.321 e. The number of alkyl halides is 4. The van der Waals surface area contributed by atoms with Crippen LogP contribution in [0.4, 0.5) is 32.0 Å². The third-order valence-corrected chi connectivity index (χ3v) is 12.2. The molecule has 2 fully saturated rings. The summed E-state index contributed by atoms with van der Waals surface area (Å²) in [5, 5.41) is 7.27. The molecule has 4 aromatic carbocycles. The van der Waals surface area contributed by atoms with Crippen molar-refractivity contribution in [3.05, 3.63) is 186 Å². The number of aromatic nitrogens is 4. The fourth-order valence-electron chi connectivity index (χ4n) is 8.31. The Kier molecular flexibility index (Phi) is 14.4. The fourth-order valence-corrected chi connectivity index (χ4v) is 8.67. The summed E-state index contributed by atoms with van der Waals surface area (Å²) in [5.41, 5.74) is 6.93. The standard InChI is InChI=1S/C26H21F3N4O2.C13H8BrFN2.C13H14F2N2O2.2H2/c1-26(28,29)25(35)31-20-13-22(34)33(24(20)17-5-3-2-4-6-17)19-11-12-21-23(30-15-32(21)14-19)16-7-9-18(27)10-8-16;14-10-3-6-12-13(16-8-17(12)7-10)9-1-4-11(15)5-2-9;1-13(14,15)12(19)16-9-7-10(18)17-11(9)8-5-3-2-4-6-8;;/h2-12,14-15,20,24H,13H2,1H3,(H,31,35);1-8H;2-6,9,11H,7H2,1H3,(H,16,19)(H,17,18);2*1H/t20-,24+;;9-,11+;;/m0.0../s1. The molecule has 19 heteroatoms. The van der Waals surface area contributed by atoms with E-state index < -0.39 is 47.8 Å². The van der Waals surface area contributed by atoms with Crippen molar-refractivity contribution in [1.29, 1.82) is 0 Å². The second-order valence-corrected chi connectivity index (χ2v) is 17.9. The summed E-state index contributed by atoms with van der Waals surface area (Å²) < 4.78 is 83.8. The van der Waals surface area contributed by atoms with Crippen molar-refractivity contribution >= 4 is 56.3 Å². The first kappa shape index (κ1) is 49.6. The highest BCUT2D eigenvalue weighted by Gasteiger charge is 2.45. The molecule has 6 heterocycles. The van der Waals surface area contributed by atoms with Crippen molar-refractivity contribution in [3.8, 4) is 22.5 Å². The summed E-state index contributed by atoms with van der Waals surface area (Å²) in [6.45, 7) is 1.06. The molecule has 10 rings (SSSR count). The minimum absolute atomic E-state index is 0. The highest BCUT2D eigenvalue weighted by molar-refractivity contribution is 9.10. The van der Waals surface area contributed by atoms with Gasteiger partial charge in [0.2, 0.25) is 11.8 Å². The number of nitrogens with zero attached hydrogens (tertiary/aromatic N) is 5. The van der Waals surface area contributed by atoms with Gasteiger partial charge in [-0.15, -0.1) is 0 Å². The molecule has 0 saturated carbocycles. The molecule has 4 atom stereocenters. The number of carbonyl (C=O) groups is 4. The Morgan fingerprint density at radius 2 is 1.11 bits per heavy atom. The van der Waals surface area contributed by atoms with Gasteiger partial charge in [-0.05, 0) is 99.9 Å². The lowest BCUT2D eigenvalue weighted by Gasteiger charge is -2.29. The zero-order valence-corrected chi connectivity index (χ0v) is 39.3. The number of benzene rings is 4. The van der Waals surface area contributed by atoms with Crippen LogP contribution in [0.3, 0.4) is 0 Å². The Bertz CT molecular complexity index is 3210. The van der Waals surface area contributed by atoms with Gasteiger partial charge in [-0.3, -0.25) is 19.2 Å². The van der Waals surface area contributed by atoms with Crippen molar-refractivity contribution in [2.45, 2.75) is 62.7 Å². The van der Waals surface area contributed by atoms with Gasteiger partial charge >= 0.3 is 11.8 Å². The molecule has 2 aliphatic rings. The average molecular weight is 1040 g/mol. The summed E-state index contributed by atoms with van der Waals surface area (Å²) >= 11 is 3.41. The molecule has 8 aromatic rings. The van der Waals surface area contributed by atoms with Gasteiger partial charge in [0.1, 0.15) is 18.0 Å². The van der Waals surface area contributed by atoms with E-state index in [1.165, 1.54) is 29.2 Å². The number of pyridine rings is 2. The van der Waals surface area contributed by atoms with Crippen molar-refractivity contribution in [1.82, 2.24) is 34.7 Å². The normalized spacial score (nSPS) is 17.8. The molecule has 4 aromatic heterocycles. The van der Waals surface area contributed by atoms with Crippen LogP contribution in [-0.4, -0.2) is 66.3 Å². The number of halogens is 7. The summed E-state index contributed by atoms with van der Waals surface area (Å²) in [4.78, 5) is 58.2. The van der Waals surface area contributed by atoms with Gasteiger partial charge in [0.25, 0.3) is 11.8 Å². The minimum Gasteiger partial charge on any atom is -0.347 e. The fraction of sp³-hybridized carbons (Fsp3) is 0.192. The Morgan fingerprint density at radius 1 is 0.634 bits per heavy atom. The number of fused-ring (bicyclic) bond motifs is 2. The van der Waals surface area contributed by atoms with Crippen LogP contribution in [-0.2, 0) is 19.2 Å². The molecule has 0 bridgehead atoms. The lowest BCUT2D eigenvalue weighted by atomic mass is 9.99. The minimum atomic E-state index is -3.57. The van der Waals surface area contributed by atoms with Crippen LogP contribution in [0.25, 0.3) is 33.5 Å². The topological polar surface area (TPSA) is 142 Å². The number of amides is 4. The lowest BCUT2D eigenvalue weighted by Crippen LogP contribution is -2.46. The van der Waals surface area contributed by atoms with Gasteiger partial charge in [0.15, 0.2) is 0 Å². The van der Waals surface area contributed by atoms with E-state index in [1.54, 1.807) is 108 Å². The molecular weight excluding hydrogens is 995 g/mol. The van der Waals surface area contributed by atoms with Crippen LogP contribution in [0.2, 0.25) is 0 Å². The molecule has 0 radical (unpaired) electrons. The Morgan fingerprint density at radius 3 is 1.63 bits per heavy atom. The molecule has 4 amide bonds.